The lowest BCUT2D eigenvalue weighted by molar-refractivity contribution is -0.139. The molecule has 0 heterocycles. The highest BCUT2D eigenvalue weighted by molar-refractivity contribution is 5.69. The lowest BCUT2D eigenvalue weighted by Gasteiger charge is -2.42. The van der Waals surface area contributed by atoms with Crippen molar-refractivity contribution in [2.45, 2.75) is 46.1 Å². The minimum absolute atomic E-state index is 0.167. The quantitative estimate of drug-likeness (QED) is 0.802. The van der Waals surface area contributed by atoms with Crippen molar-refractivity contribution in [2.24, 2.45) is 17.8 Å². The molecule has 0 aromatic rings. The summed E-state index contributed by atoms with van der Waals surface area (Å²) in [7, 11) is 1.95. The van der Waals surface area contributed by atoms with Gasteiger partial charge in [-0.3, -0.25) is 9.69 Å². The van der Waals surface area contributed by atoms with E-state index in [1.165, 1.54) is 12.8 Å². The Balaban J connectivity index is 2.66. The number of carboxylic acid groups (broad SMARTS) is 1. The molecule has 1 aliphatic carbocycles. The number of carboxylic acids is 1. The summed E-state index contributed by atoms with van der Waals surface area (Å²) >= 11 is 0. The SMILES string of the molecule is CC1CCC(C(C)C)C(N(C)CC(=O)O)C1. The summed E-state index contributed by atoms with van der Waals surface area (Å²) in [5.74, 6) is 1.31. The predicted molar refractivity (Wildman–Crippen MR) is 65.4 cm³/mol. The second kappa shape index (κ2) is 5.67. The van der Waals surface area contributed by atoms with Crippen LogP contribution >= 0.6 is 0 Å². The Hall–Kier alpha value is -0.570. The van der Waals surface area contributed by atoms with Gasteiger partial charge in [-0.15, -0.1) is 0 Å². The van der Waals surface area contributed by atoms with Crippen LogP contribution in [0, 0.1) is 17.8 Å². The Morgan fingerprint density at radius 3 is 2.56 bits per heavy atom. The highest BCUT2D eigenvalue weighted by atomic mass is 16.4. The molecular weight excluding hydrogens is 202 g/mol. The fraction of sp³-hybridized carbons (Fsp3) is 0.923. The van der Waals surface area contributed by atoms with Crippen LogP contribution in [0.15, 0.2) is 0 Å². The lowest BCUT2D eigenvalue weighted by Crippen LogP contribution is -2.45. The largest absolute Gasteiger partial charge is 0.480 e. The van der Waals surface area contributed by atoms with Crippen molar-refractivity contribution in [2.75, 3.05) is 13.6 Å². The molecule has 0 radical (unpaired) electrons. The maximum Gasteiger partial charge on any atom is 0.317 e. The Morgan fingerprint density at radius 2 is 2.06 bits per heavy atom. The molecule has 3 nitrogen and oxygen atoms in total. The minimum atomic E-state index is -0.719. The fourth-order valence-electron chi connectivity index (χ4n) is 2.99. The molecule has 3 unspecified atom stereocenters. The van der Waals surface area contributed by atoms with E-state index in [0.29, 0.717) is 17.9 Å². The summed E-state index contributed by atoms with van der Waals surface area (Å²) in [4.78, 5) is 12.8. The van der Waals surface area contributed by atoms with Crippen molar-refractivity contribution >= 4 is 5.97 Å². The first kappa shape index (κ1) is 13.5. The highest BCUT2D eigenvalue weighted by Crippen LogP contribution is 2.35. The average Bonchev–Trinajstić information content (AvgIpc) is 2.15. The molecule has 1 fully saturated rings. The minimum Gasteiger partial charge on any atom is -0.480 e. The van der Waals surface area contributed by atoms with E-state index in [4.69, 9.17) is 5.11 Å². The third-order valence-electron chi connectivity index (χ3n) is 3.94. The van der Waals surface area contributed by atoms with Gasteiger partial charge in [0.05, 0.1) is 6.54 Å². The molecule has 0 amide bonds. The number of nitrogens with zero attached hydrogens (tertiary/aromatic N) is 1. The molecule has 0 aromatic carbocycles. The van der Waals surface area contributed by atoms with Crippen molar-refractivity contribution in [3.05, 3.63) is 0 Å². The Kier molecular flexibility index (Phi) is 4.78. The van der Waals surface area contributed by atoms with Gasteiger partial charge >= 0.3 is 5.97 Å². The van der Waals surface area contributed by atoms with Crippen LogP contribution in [0.5, 0.6) is 0 Å². The Labute approximate surface area is 98.8 Å². The van der Waals surface area contributed by atoms with Gasteiger partial charge in [0.1, 0.15) is 0 Å². The second-order valence-corrected chi connectivity index (χ2v) is 5.70. The number of carbonyl (C=O) groups is 1. The van der Waals surface area contributed by atoms with Gasteiger partial charge < -0.3 is 5.11 Å². The average molecular weight is 227 g/mol. The van der Waals surface area contributed by atoms with E-state index in [2.05, 4.69) is 20.8 Å². The Morgan fingerprint density at radius 1 is 1.44 bits per heavy atom. The molecule has 0 aliphatic heterocycles. The zero-order valence-corrected chi connectivity index (χ0v) is 10.9. The monoisotopic (exact) mass is 227 g/mol. The fourth-order valence-corrected chi connectivity index (χ4v) is 2.99. The van der Waals surface area contributed by atoms with Crippen LogP contribution in [0.1, 0.15) is 40.0 Å². The summed E-state index contributed by atoms with van der Waals surface area (Å²) < 4.78 is 0. The van der Waals surface area contributed by atoms with Gasteiger partial charge in [0.15, 0.2) is 0 Å². The topological polar surface area (TPSA) is 40.5 Å². The van der Waals surface area contributed by atoms with Crippen molar-refractivity contribution < 1.29 is 9.90 Å². The standard InChI is InChI=1S/C13H25NO2/c1-9(2)11-6-5-10(3)7-12(11)14(4)8-13(15)16/h9-12H,5-8H2,1-4H3,(H,15,16). The predicted octanol–water partition coefficient (Wildman–Crippen LogP) is 2.46. The van der Waals surface area contributed by atoms with E-state index in [1.54, 1.807) is 0 Å². The molecule has 0 aromatic heterocycles. The van der Waals surface area contributed by atoms with Crippen molar-refractivity contribution in [1.82, 2.24) is 4.90 Å². The third-order valence-corrected chi connectivity index (χ3v) is 3.94. The van der Waals surface area contributed by atoms with E-state index < -0.39 is 5.97 Å². The van der Waals surface area contributed by atoms with Crippen LogP contribution in [-0.2, 0) is 4.79 Å². The zero-order valence-electron chi connectivity index (χ0n) is 10.9. The summed E-state index contributed by atoms with van der Waals surface area (Å²) in [5, 5.41) is 8.86. The Bertz CT molecular complexity index is 240. The van der Waals surface area contributed by atoms with Gasteiger partial charge in [-0.05, 0) is 37.6 Å². The van der Waals surface area contributed by atoms with E-state index in [9.17, 15) is 4.79 Å². The molecule has 1 N–H and O–H groups in total. The third kappa shape index (κ3) is 3.48. The zero-order chi connectivity index (χ0) is 12.3. The van der Waals surface area contributed by atoms with Crippen LogP contribution in [0.4, 0.5) is 0 Å². The molecule has 1 aliphatic rings. The van der Waals surface area contributed by atoms with E-state index in [1.807, 2.05) is 11.9 Å². The van der Waals surface area contributed by atoms with Crippen molar-refractivity contribution in [1.29, 1.82) is 0 Å². The summed E-state index contributed by atoms with van der Waals surface area (Å²) in [6.07, 6.45) is 3.68. The first-order valence-corrected chi connectivity index (χ1v) is 6.33. The normalized spacial score (nSPS) is 31.0. The summed E-state index contributed by atoms with van der Waals surface area (Å²) in [6.45, 7) is 6.95. The van der Waals surface area contributed by atoms with Crippen molar-refractivity contribution in [3.63, 3.8) is 0 Å². The van der Waals surface area contributed by atoms with Gasteiger partial charge in [-0.2, -0.15) is 0 Å². The van der Waals surface area contributed by atoms with E-state index >= 15 is 0 Å². The van der Waals surface area contributed by atoms with Gasteiger partial charge in [0, 0.05) is 6.04 Å². The smallest absolute Gasteiger partial charge is 0.317 e. The number of hydrogen-bond donors (Lipinski definition) is 1. The van der Waals surface area contributed by atoms with Gasteiger partial charge in [0.25, 0.3) is 0 Å². The molecule has 0 bridgehead atoms. The summed E-state index contributed by atoms with van der Waals surface area (Å²) in [5.41, 5.74) is 0. The highest BCUT2D eigenvalue weighted by Gasteiger charge is 2.33. The second-order valence-electron chi connectivity index (χ2n) is 5.70. The van der Waals surface area contributed by atoms with Gasteiger partial charge in [-0.1, -0.05) is 27.2 Å². The molecule has 0 spiro atoms. The molecule has 3 atom stereocenters. The number of hydrogen-bond acceptors (Lipinski definition) is 2. The van der Waals surface area contributed by atoms with Gasteiger partial charge in [-0.25, -0.2) is 0 Å². The number of likely N-dealkylation sites (N-methyl/N-ethyl adjacent to an activating group) is 1. The molecule has 94 valence electrons. The molecule has 0 saturated heterocycles. The van der Waals surface area contributed by atoms with Crippen LogP contribution < -0.4 is 0 Å². The first-order chi connectivity index (χ1) is 7.41. The maximum atomic E-state index is 10.8. The van der Waals surface area contributed by atoms with Crippen molar-refractivity contribution in [3.8, 4) is 0 Å². The molecule has 1 saturated carbocycles. The van der Waals surface area contributed by atoms with Crippen LogP contribution in [0.2, 0.25) is 0 Å². The molecule has 3 heteroatoms. The van der Waals surface area contributed by atoms with E-state index in [-0.39, 0.29) is 6.54 Å². The molecular formula is C13H25NO2. The molecule has 1 rings (SSSR count). The lowest BCUT2D eigenvalue weighted by atomic mass is 9.73. The van der Waals surface area contributed by atoms with Crippen LogP contribution in [-0.4, -0.2) is 35.6 Å². The van der Waals surface area contributed by atoms with Gasteiger partial charge in [0.2, 0.25) is 0 Å². The number of rotatable bonds is 4. The maximum absolute atomic E-state index is 10.8. The first-order valence-electron chi connectivity index (χ1n) is 6.33. The van der Waals surface area contributed by atoms with Crippen LogP contribution in [0.25, 0.3) is 0 Å². The number of aliphatic carboxylic acids is 1. The molecule has 16 heavy (non-hydrogen) atoms. The van der Waals surface area contributed by atoms with E-state index in [0.717, 1.165) is 12.3 Å². The van der Waals surface area contributed by atoms with Crippen LogP contribution in [0.3, 0.4) is 0 Å². The summed E-state index contributed by atoms with van der Waals surface area (Å²) in [6, 6.07) is 0.444.